The van der Waals surface area contributed by atoms with E-state index < -0.39 is 0 Å². The number of carbonyl (C=O) groups is 1. The number of aliphatic hydroxyl groups excluding tert-OH is 1. The lowest BCUT2D eigenvalue weighted by molar-refractivity contribution is 0.111. The molecule has 106 valence electrons. The Balaban J connectivity index is 0.000000200. The van der Waals surface area contributed by atoms with Crippen LogP contribution < -0.4 is 0 Å². The molecule has 1 N–H and O–H groups in total. The Morgan fingerprint density at radius 2 is 1.65 bits per heavy atom. The number of hydrogen-bond donors (Lipinski definition) is 1. The second kappa shape index (κ2) is 8.69. The maximum absolute atomic E-state index is 10.2. The molecule has 0 amide bonds. The highest BCUT2D eigenvalue weighted by atomic mass is 79.9. The molecule has 0 aliphatic heterocycles. The summed E-state index contributed by atoms with van der Waals surface area (Å²) in [6, 6.07) is 3.32. The van der Waals surface area contributed by atoms with Gasteiger partial charge < -0.3 is 5.11 Å². The van der Waals surface area contributed by atoms with Crippen molar-refractivity contribution in [3.63, 3.8) is 0 Å². The number of hydrogen-bond acceptors (Lipinski definition) is 4. The zero-order chi connectivity index (χ0) is 15.1. The quantitative estimate of drug-likeness (QED) is 0.704. The topological polar surface area (TPSA) is 63.1 Å². The smallest absolute Gasteiger partial charge is 0.169 e. The van der Waals surface area contributed by atoms with Gasteiger partial charge in [-0.05, 0) is 44.0 Å². The molecule has 0 atom stereocenters. The standard InChI is InChI=1S/C6H5BrClNO.C6H3BrClNO/c2*7-4-1-5(8)6(3-10)9-2-4/h1-2,10H,3H2;1-3H. The Bertz CT molecular complexity index is 612. The SMILES string of the molecule is O=Cc1ncc(Br)cc1Cl.OCc1ncc(Br)cc1Cl. The molecule has 0 spiro atoms. The van der Waals surface area contributed by atoms with Crippen LogP contribution in [0.1, 0.15) is 16.2 Å². The summed E-state index contributed by atoms with van der Waals surface area (Å²) in [6.07, 6.45) is 3.74. The number of pyridine rings is 2. The Hall–Kier alpha value is -0.530. The summed E-state index contributed by atoms with van der Waals surface area (Å²) in [5.74, 6) is 0. The first-order valence-electron chi connectivity index (χ1n) is 5.15. The van der Waals surface area contributed by atoms with E-state index in [2.05, 4.69) is 41.8 Å². The van der Waals surface area contributed by atoms with Gasteiger partial charge in [-0.25, -0.2) is 0 Å². The number of aldehydes is 1. The van der Waals surface area contributed by atoms with E-state index in [1.54, 1.807) is 18.3 Å². The summed E-state index contributed by atoms with van der Waals surface area (Å²) in [7, 11) is 0. The molecule has 2 heterocycles. The molecule has 0 radical (unpaired) electrons. The number of halogens is 4. The summed E-state index contributed by atoms with van der Waals surface area (Å²) < 4.78 is 1.58. The van der Waals surface area contributed by atoms with Crippen molar-refractivity contribution in [1.29, 1.82) is 0 Å². The predicted molar refractivity (Wildman–Crippen MR) is 85.2 cm³/mol. The molecule has 2 rings (SSSR count). The lowest BCUT2D eigenvalue weighted by Gasteiger charge is -1.97. The first-order chi connectivity index (χ1) is 9.47. The van der Waals surface area contributed by atoms with Gasteiger partial charge in [-0.15, -0.1) is 0 Å². The molecule has 0 saturated carbocycles. The second-order valence-electron chi connectivity index (χ2n) is 3.38. The van der Waals surface area contributed by atoms with Gasteiger partial charge in [-0.2, -0.15) is 0 Å². The van der Waals surface area contributed by atoms with E-state index in [0.717, 1.165) is 8.95 Å². The Morgan fingerprint density at radius 3 is 2.10 bits per heavy atom. The van der Waals surface area contributed by atoms with Crippen LogP contribution >= 0.6 is 55.1 Å². The fourth-order valence-electron chi connectivity index (χ4n) is 1.07. The van der Waals surface area contributed by atoms with Crippen molar-refractivity contribution in [2.75, 3.05) is 0 Å². The first kappa shape index (κ1) is 17.5. The van der Waals surface area contributed by atoms with Gasteiger partial charge in [0.2, 0.25) is 0 Å². The number of nitrogens with zero attached hydrogens (tertiary/aromatic N) is 2. The molecule has 0 aromatic carbocycles. The summed E-state index contributed by atoms with van der Waals surface area (Å²) in [5, 5.41) is 9.50. The van der Waals surface area contributed by atoms with E-state index in [1.807, 2.05) is 0 Å². The van der Waals surface area contributed by atoms with Gasteiger partial charge >= 0.3 is 0 Å². The van der Waals surface area contributed by atoms with Crippen molar-refractivity contribution < 1.29 is 9.90 Å². The van der Waals surface area contributed by atoms with Crippen LogP contribution in [0.3, 0.4) is 0 Å². The van der Waals surface area contributed by atoms with Gasteiger partial charge in [0.05, 0.1) is 22.3 Å². The van der Waals surface area contributed by atoms with Crippen LogP contribution in [0.15, 0.2) is 33.5 Å². The lowest BCUT2D eigenvalue weighted by atomic mass is 10.4. The molecule has 0 saturated heterocycles. The van der Waals surface area contributed by atoms with Crippen LogP contribution in [0.5, 0.6) is 0 Å². The first-order valence-corrected chi connectivity index (χ1v) is 7.49. The van der Waals surface area contributed by atoms with Gasteiger partial charge in [0.1, 0.15) is 5.69 Å². The van der Waals surface area contributed by atoms with E-state index in [9.17, 15) is 4.79 Å². The average Bonchev–Trinajstić information content (AvgIpc) is 2.40. The van der Waals surface area contributed by atoms with Crippen molar-refractivity contribution in [3.8, 4) is 0 Å². The van der Waals surface area contributed by atoms with Crippen molar-refractivity contribution in [3.05, 3.63) is 54.9 Å². The van der Waals surface area contributed by atoms with Crippen molar-refractivity contribution >= 4 is 61.3 Å². The van der Waals surface area contributed by atoms with Crippen molar-refractivity contribution in [2.45, 2.75) is 6.61 Å². The highest BCUT2D eigenvalue weighted by Gasteiger charge is 1.99. The normalized spacial score (nSPS) is 9.65. The maximum atomic E-state index is 10.2. The Morgan fingerprint density at radius 1 is 1.10 bits per heavy atom. The van der Waals surface area contributed by atoms with E-state index in [4.69, 9.17) is 28.3 Å². The Labute approximate surface area is 142 Å². The van der Waals surface area contributed by atoms with Crippen LogP contribution in [0.2, 0.25) is 10.0 Å². The molecule has 2 aromatic rings. The summed E-state index contributed by atoms with van der Waals surface area (Å²) in [4.78, 5) is 17.8. The summed E-state index contributed by atoms with van der Waals surface area (Å²) in [6.45, 7) is -0.119. The fourth-order valence-corrected chi connectivity index (χ4v) is 2.43. The third-order valence-corrected chi connectivity index (χ3v) is 3.48. The van der Waals surface area contributed by atoms with E-state index in [-0.39, 0.29) is 12.3 Å². The van der Waals surface area contributed by atoms with Gasteiger partial charge in [0.25, 0.3) is 0 Å². The van der Waals surface area contributed by atoms with E-state index in [0.29, 0.717) is 22.0 Å². The fraction of sp³-hybridized carbons (Fsp3) is 0.0833. The number of aromatic nitrogens is 2. The van der Waals surface area contributed by atoms with Gasteiger partial charge in [0.15, 0.2) is 6.29 Å². The van der Waals surface area contributed by atoms with Crippen LogP contribution in [0, 0.1) is 0 Å². The third-order valence-electron chi connectivity index (χ3n) is 1.98. The minimum atomic E-state index is -0.119. The second-order valence-corrected chi connectivity index (χ2v) is 6.02. The predicted octanol–water partition coefficient (Wildman–Crippen LogP) is 4.30. The van der Waals surface area contributed by atoms with Crippen LogP contribution in [0.4, 0.5) is 0 Å². The lowest BCUT2D eigenvalue weighted by Crippen LogP contribution is -1.88. The van der Waals surface area contributed by atoms with Gasteiger partial charge in [-0.1, -0.05) is 23.2 Å². The zero-order valence-corrected chi connectivity index (χ0v) is 14.5. The monoisotopic (exact) mass is 440 g/mol. The highest BCUT2D eigenvalue weighted by molar-refractivity contribution is 9.10. The molecule has 20 heavy (non-hydrogen) atoms. The molecular weight excluding hydrogens is 435 g/mol. The summed E-state index contributed by atoms with van der Waals surface area (Å²) in [5.41, 5.74) is 0.773. The molecular formula is C12H8Br2Cl2N2O2. The summed E-state index contributed by atoms with van der Waals surface area (Å²) >= 11 is 17.6. The molecule has 8 heteroatoms. The minimum Gasteiger partial charge on any atom is -0.390 e. The molecule has 0 aliphatic carbocycles. The average molecular weight is 443 g/mol. The molecule has 0 aliphatic rings. The number of aliphatic hydroxyl groups is 1. The van der Waals surface area contributed by atoms with Crippen LogP contribution in [-0.4, -0.2) is 21.4 Å². The number of carbonyl (C=O) groups excluding carboxylic acids is 1. The van der Waals surface area contributed by atoms with Crippen LogP contribution in [0.25, 0.3) is 0 Å². The molecule has 4 nitrogen and oxygen atoms in total. The highest BCUT2D eigenvalue weighted by Crippen LogP contribution is 2.18. The molecule has 0 fully saturated rings. The van der Waals surface area contributed by atoms with Crippen molar-refractivity contribution in [1.82, 2.24) is 9.97 Å². The van der Waals surface area contributed by atoms with E-state index in [1.165, 1.54) is 6.20 Å². The molecule has 2 aromatic heterocycles. The van der Waals surface area contributed by atoms with E-state index >= 15 is 0 Å². The van der Waals surface area contributed by atoms with Gasteiger partial charge in [-0.3, -0.25) is 14.8 Å². The Kier molecular flexibility index (Phi) is 7.61. The van der Waals surface area contributed by atoms with Crippen molar-refractivity contribution in [2.24, 2.45) is 0 Å². The largest absolute Gasteiger partial charge is 0.390 e. The maximum Gasteiger partial charge on any atom is 0.169 e. The zero-order valence-electron chi connectivity index (χ0n) is 9.86. The minimum absolute atomic E-state index is 0.119. The van der Waals surface area contributed by atoms with Gasteiger partial charge in [0, 0.05) is 21.3 Å². The van der Waals surface area contributed by atoms with Crippen LogP contribution in [-0.2, 0) is 6.61 Å². The molecule has 0 bridgehead atoms. The third kappa shape index (κ3) is 5.46. The molecule has 0 unspecified atom stereocenters. The number of rotatable bonds is 2.